The molecule has 2 heterocycles. The molecule has 0 amide bonds. The van der Waals surface area contributed by atoms with Gasteiger partial charge in [-0.2, -0.15) is 0 Å². The average molecular weight is 258 g/mol. The Morgan fingerprint density at radius 1 is 1.42 bits per heavy atom. The number of nitrogens with zero attached hydrogens (tertiary/aromatic N) is 2. The molecule has 0 radical (unpaired) electrons. The predicted molar refractivity (Wildman–Crippen MR) is 71.9 cm³/mol. The van der Waals surface area contributed by atoms with Crippen LogP contribution in [0.25, 0.3) is 0 Å². The van der Waals surface area contributed by atoms with Gasteiger partial charge in [-0.25, -0.2) is 9.78 Å². The van der Waals surface area contributed by atoms with Crippen LogP contribution >= 0.6 is 0 Å². The molecule has 4 N–H and O–H groups in total. The number of carbonyl (C=O) groups is 1. The minimum atomic E-state index is -1.09. The van der Waals surface area contributed by atoms with Gasteiger partial charge < -0.3 is 16.2 Å². The van der Waals surface area contributed by atoms with Crippen molar-refractivity contribution in [2.75, 3.05) is 11.1 Å². The fourth-order valence-electron chi connectivity index (χ4n) is 1.60. The molecule has 0 fully saturated rings. The predicted octanol–water partition coefficient (Wildman–Crippen LogP) is 1.68. The summed E-state index contributed by atoms with van der Waals surface area (Å²) in [5.74, 6) is -0.734. The topological polar surface area (TPSA) is 101 Å². The maximum absolute atomic E-state index is 10.8. The highest BCUT2D eigenvalue weighted by molar-refractivity contribution is 5.86. The first-order chi connectivity index (χ1) is 9.08. The van der Waals surface area contributed by atoms with E-state index in [-0.39, 0.29) is 5.69 Å². The number of nitrogens with two attached hydrogens (primary N) is 1. The number of carboxylic acids is 1. The molecule has 0 saturated carbocycles. The van der Waals surface area contributed by atoms with Crippen molar-refractivity contribution in [1.29, 1.82) is 0 Å². The molecule has 0 aliphatic rings. The number of nitrogens with one attached hydrogen (secondary N) is 1. The summed E-state index contributed by atoms with van der Waals surface area (Å²) in [7, 11) is 0. The Morgan fingerprint density at radius 2 is 2.21 bits per heavy atom. The van der Waals surface area contributed by atoms with Crippen LogP contribution in [0.15, 0.2) is 30.5 Å². The number of hydrogen-bond donors (Lipinski definition) is 3. The second kappa shape index (κ2) is 5.34. The van der Waals surface area contributed by atoms with Crippen molar-refractivity contribution in [2.45, 2.75) is 13.5 Å². The second-order valence-corrected chi connectivity index (χ2v) is 4.06. The fourth-order valence-corrected chi connectivity index (χ4v) is 1.60. The molecule has 2 rings (SSSR count). The summed E-state index contributed by atoms with van der Waals surface area (Å²) in [4.78, 5) is 19.0. The van der Waals surface area contributed by atoms with Crippen molar-refractivity contribution >= 4 is 17.5 Å². The Morgan fingerprint density at radius 3 is 2.89 bits per heavy atom. The molecule has 0 aliphatic carbocycles. The van der Waals surface area contributed by atoms with Gasteiger partial charge >= 0.3 is 5.97 Å². The monoisotopic (exact) mass is 258 g/mol. The third kappa shape index (κ3) is 2.98. The zero-order chi connectivity index (χ0) is 13.8. The maximum Gasteiger partial charge on any atom is 0.354 e. The standard InChI is InChI=1S/C13H14N4O2/c1-8-3-2-6-15-11(8)7-16-12-9(14)4-5-10(17-12)13(18)19/h2-6H,7,14H2,1H3,(H,16,17)(H,18,19). The number of nitrogen functional groups attached to an aromatic ring is 1. The first kappa shape index (κ1) is 12.8. The van der Waals surface area contributed by atoms with Gasteiger partial charge in [0.05, 0.1) is 17.9 Å². The lowest BCUT2D eigenvalue weighted by atomic mass is 10.2. The van der Waals surface area contributed by atoms with Crippen molar-refractivity contribution in [3.8, 4) is 0 Å². The quantitative estimate of drug-likeness (QED) is 0.771. The summed E-state index contributed by atoms with van der Waals surface area (Å²) < 4.78 is 0. The van der Waals surface area contributed by atoms with E-state index < -0.39 is 5.97 Å². The highest BCUT2D eigenvalue weighted by Crippen LogP contribution is 2.17. The van der Waals surface area contributed by atoms with Gasteiger partial charge in [0.1, 0.15) is 0 Å². The lowest BCUT2D eigenvalue weighted by Crippen LogP contribution is -2.10. The number of aromatic nitrogens is 2. The fraction of sp³-hybridized carbons (Fsp3) is 0.154. The normalized spacial score (nSPS) is 10.2. The Balaban J connectivity index is 2.17. The molecule has 0 unspecified atom stereocenters. The molecule has 98 valence electrons. The van der Waals surface area contributed by atoms with Crippen LogP contribution in [-0.2, 0) is 6.54 Å². The maximum atomic E-state index is 10.8. The van der Waals surface area contributed by atoms with E-state index in [1.807, 2.05) is 19.1 Å². The molecular formula is C13H14N4O2. The van der Waals surface area contributed by atoms with E-state index in [0.717, 1.165) is 11.3 Å². The van der Waals surface area contributed by atoms with Crippen molar-refractivity contribution in [3.63, 3.8) is 0 Å². The third-order valence-electron chi connectivity index (χ3n) is 2.69. The minimum absolute atomic E-state index is 0.0468. The van der Waals surface area contributed by atoms with E-state index in [1.54, 1.807) is 6.20 Å². The van der Waals surface area contributed by atoms with Gasteiger partial charge in [0.2, 0.25) is 0 Å². The van der Waals surface area contributed by atoms with E-state index in [2.05, 4.69) is 15.3 Å². The summed E-state index contributed by atoms with van der Waals surface area (Å²) >= 11 is 0. The van der Waals surface area contributed by atoms with Crippen LogP contribution in [0.2, 0.25) is 0 Å². The molecule has 0 aliphatic heterocycles. The largest absolute Gasteiger partial charge is 0.477 e. The van der Waals surface area contributed by atoms with Crippen LogP contribution in [0.1, 0.15) is 21.7 Å². The van der Waals surface area contributed by atoms with Gasteiger partial charge in [-0.1, -0.05) is 6.07 Å². The number of anilines is 2. The van der Waals surface area contributed by atoms with Crippen LogP contribution in [-0.4, -0.2) is 21.0 Å². The molecule has 0 bridgehead atoms. The van der Waals surface area contributed by atoms with Gasteiger partial charge in [0, 0.05) is 6.20 Å². The van der Waals surface area contributed by atoms with E-state index in [0.29, 0.717) is 18.1 Å². The number of rotatable bonds is 4. The van der Waals surface area contributed by atoms with Gasteiger partial charge in [-0.3, -0.25) is 4.98 Å². The first-order valence-electron chi connectivity index (χ1n) is 5.72. The molecule has 0 aromatic carbocycles. The van der Waals surface area contributed by atoms with Gasteiger partial charge in [-0.15, -0.1) is 0 Å². The van der Waals surface area contributed by atoms with Crippen molar-refractivity contribution < 1.29 is 9.90 Å². The Kier molecular flexibility index (Phi) is 3.61. The smallest absolute Gasteiger partial charge is 0.354 e. The molecule has 6 heteroatoms. The van der Waals surface area contributed by atoms with Crippen molar-refractivity contribution in [1.82, 2.24) is 9.97 Å². The Hall–Kier alpha value is -2.63. The van der Waals surface area contributed by atoms with E-state index in [1.165, 1.54) is 12.1 Å². The van der Waals surface area contributed by atoms with Gasteiger partial charge in [0.15, 0.2) is 11.5 Å². The van der Waals surface area contributed by atoms with Crippen molar-refractivity contribution in [2.24, 2.45) is 0 Å². The van der Waals surface area contributed by atoms with Crippen LogP contribution in [0.3, 0.4) is 0 Å². The zero-order valence-electron chi connectivity index (χ0n) is 10.4. The Bertz CT molecular complexity index is 613. The first-order valence-corrected chi connectivity index (χ1v) is 5.72. The number of aromatic carboxylic acids is 1. The van der Waals surface area contributed by atoms with E-state index in [9.17, 15) is 4.79 Å². The molecule has 0 spiro atoms. The average Bonchev–Trinajstić information content (AvgIpc) is 2.39. The summed E-state index contributed by atoms with van der Waals surface area (Å²) in [6, 6.07) is 6.70. The molecule has 19 heavy (non-hydrogen) atoms. The van der Waals surface area contributed by atoms with Gasteiger partial charge in [0.25, 0.3) is 0 Å². The zero-order valence-corrected chi connectivity index (χ0v) is 10.4. The molecule has 2 aromatic heterocycles. The summed E-state index contributed by atoms with van der Waals surface area (Å²) in [6.07, 6.45) is 1.70. The Labute approximate surface area is 110 Å². The minimum Gasteiger partial charge on any atom is -0.477 e. The molecular weight excluding hydrogens is 244 g/mol. The molecule has 2 aromatic rings. The van der Waals surface area contributed by atoms with Crippen molar-refractivity contribution in [3.05, 3.63) is 47.4 Å². The van der Waals surface area contributed by atoms with Crippen LogP contribution in [0, 0.1) is 6.92 Å². The van der Waals surface area contributed by atoms with E-state index >= 15 is 0 Å². The summed E-state index contributed by atoms with van der Waals surface area (Å²) in [5.41, 5.74) is 8.02. The summed E-state index contributed by atoms with van der Waals surface area (Å²) in [5, 5.41) is 11.9. The van der Waals surface area contributed by atoms with Gasteiger partial charge in [-0.05, 0) is 30.7 Å². The van der Waals surface area contributed by atoms with Crippen LogP contribution in [0.5, 0.6) is 0 Å². The molecule has 6 nitrogen and oxygen atoms in total. The van der Waals surface area contributed by atoms with Crippen LogP contribution in [0.4, 0.5) is 11.5 Å². The molecule has 0 atom stereocenters. The number of carboxylic acid groups (broad SMARTS) is 1. The number of aryl methyl sites for hydroxylation is 1. The molecule has 0 saturated heterocycles. The second-order valence-electron chi connectivity index (χ2n) is 4.06. The SMILES string of the molecule is Cc1cccnc1CNc1nc(C(=O)O)ccc1N. The lowest BCUT2D eigenvalue weighted by molar-refractivity contribution is 0.0690. The number of hydrogen-bond acceptors (Lipinski definition) is 5. The highest BCUT2D eigenvalue weighted by atomic mass is 16.4. The van der Waals surface area contributed by atoms with E-state index in [4.69, 9.17) is 10.8 Å². The highest BCUT2D eigenvalue weighted by Gasteiger charge is 2.09. The summed E-state index contributed by atoms with van der Waals surface area (Å²) in [6.45, 7) is 2.39. The lowest BCUT2D eigenvalue weighted by Gasteiger charge is -2.10. The third-order valence-corrected chi connectivity index (χ3v) is 2.69. The van der Waals surface area contributed by atoms with Crippen LogP contribution < -0.4 is 11.1 Å². The number of pyridine rings is 2.